The third-order valence-electron chi connectivity index (χ3n) is 8.57. The van der Waals surface area contributed by atoms with Crippen molar-refractivity contribution in [3.05, 3.63) is 156 Å². The van der Waals surface area contributed by atoms with Crippen LogP contribution in [-0.4, -0.2) is 57.3 Å². The molecule has 4 aromatic carbocycles. The number of aliphatic hydroxyl groups excluding tert-OH is 1. The van der Waals surface area contributed by atoms with Crippen molar-refractivity contribution >= 4 is 13.1 Å². The van der Waals surface area contributed by atoms with Crippen LogP contribution in [0.2, 0.25) is 5.82 Å². The topological polar surface area (TPSA) is 83.5 Å². The molecule has 0 bridgehead atoms. The number of rotatable bonds is 13. The highest BCUT2D eigenvalue weighted by atomic mass is 16.7. The molecule has 1 heterocycles. The molecule has 0 amide bonds. The second kappa shape index (κ2) is 14.4. The molecule has 0 radical (unpaired) electrons. The van der Waals surface area contributed by atoms with E-state index in [0.717, 1.165) is 22.3 Å². The smallest absolute Gasteiger partial charge is 0.464 e. The van der Waals surface area contributed by atoms with Gasteiger partial charge in [0.15, 0.2) is 6.10 Å². The molecule has 8 heteroatoms. The van der Waals surface area contributed by atoms with Crippen LogP contribution in [0.3, 0.4) is 0 Å². The molecule has 0 aromatic heterocycles. The third-order valence-corrected chi connectivity index (χ3v) is 8.57. The normalized spacial score (nSPS) is 18.3. The number of hydrogen-bond acceptors (Lipinski definition) is 7. The van der Waals surface area contributed by atoms with Crippen LogP contribution in [0.25, 0.3) is 0 Å². The molecule has 1 saturated heterocycles. The van der Waals surface area contributed by atoms with E-state index in [1.807, 2.05) is 121 Å². The molecule has 45 heavy (non-hydrogen) atoms. The Morgan fingerprint density at radius 3 is 1.36 bits per heavy atom. The maximum absolute atomic E-state index is 12.8. The van der Waals surface area contributed by atoms with Gasteiger partial charge in [-0.05, 0) is 29.2 Å². The van der Waals surface area contributed by atoms with Crippen molar-refractivity contribution in [3.8, 4) is 0 Å². The first-order chi connectivity index (χ1) is 22.0. The fourth-order valence-corrected chi connectivity index (χ4v) is 6.47. The molecule has 7 nitrogen and oxygen atoms in total. The van der Waals surface area contributed by atoms with Gasteiger partial charge in [0.1, 0.15) is 23.4 Å². The van der Waals surface area contributed by atoms with Crippen molar-refractivity contribution in [2.75, 3.05) is 20.8 Å². The number of methoxy groups -OCH3 is 2. The van der Waals surface area contributed by atoms with Gasteiger partial charge < -0.3 is 28.6 Å². The standard InChI is InChI=1S/C37H39BO7/c1-5-31(32(39)35(40)43-6-2)38-44-33(36(41-3,27-19-11-7-12-20-27)28-21-13-8-14-22-28)34(45-38)37(42-4,29-23-15-9-16-24-29)30-25-17-10-18-26-30/h5,7-26,31-34,39H,1,6H2,2-4H3/t31-,32-,33-,34-/m1/s1. The summed E-state index contributed by atoms with van der Waals surface area (Å²) >= 11 is 0. The lowest BCUT2D eigenvalue weighted by Gasteiger charge is -2.47. The average Bonchev–Trinajstić information content (AvgIpc) is 3.53. The number of ether oxygens (including phenoxy) is 3. The van der Waals surface area contributed by atoms with E-state index in [-0.39, 0.29) is 6.61 Å². The number of benzene rings is 4. The summed E-state index contributed by atoms with van der Waals surface area (Å²) in [6.45, 7) is 5.72. The maximum atomic E-state index is 12.8. The second-order valence-electron chi connectivity index (χ2n) is 10.8. The lowest BCUT2D eigenvalue weighted by atomic mass is 9.68. The predicted octanol–water partition coefficient (Wildman–Crippen LogP) is 5.92. The first kappa shape index (κ1) is 32.4. The first-order valence-electron chi connectivity index (χ1n) is 15.1. The Labute approximate surface area is 265 Å². The molecular weight excluding hydrogens is 567 g/mol. The number of carbonyl (C=O) groups is 1. The Hall–Kier alpha value is -4.05. The van der Waals surface area contributed by atoms with E-state index >= 15 is 0 Å². The molecule has 1 N–H and O–H groups in total. The molecule has 4 atom stereocenters. The molecule has 1 aliphatic heterocycles. The molecule has 1 aliphatic rings. The van der Waals surface area contributed by atoms with Gasteiger partial charge >= 0.3 is 13.1 Å². The van der Waals surface area contributed by atoms with E-state index in [2.05, 4.69) is 6.58 Å². The van der Waals surface area contributed by atoms with Gasteiger partial charge in [-0.1, -0.05) is 127 Å². The van der Waals surface area contributed by atoms with E-state index in [1.54, 1.807) is 21.1 Å². The lowest BCUT2D eigenvalue weighted by Crippen LogP contribution is -2.56. The molecule has 1 fully saturated rings. The van der Waals surface area contributed by atoms with E-state index in [1.165, 1.54) is 6.08 Å². The van der Waals surface area contributed by atoms with Gasteiger partial charge in [-0.25, -0.2) is 4.79 Å². The van der Waals surface area contributed by atoms with Crippen LogP contribution in [0.1, 0.15) is 29.2 Å². The van der Waals surface area contributed by atoms with Gasteiger partial charge in [0.2, 0.25) is 0 Å². The minimum Gasteiger partial charge on any atom is -0.464 e. The van der Waals surface area contributed by atoms with Crippen molar-refractivity contribution < 1.29 is 33.4 Å². The summed E-state index contributed by atoms with van der Waals surface area (Å²) in [4.78, 5) is 12.8. The maximum Gasteiger partial charge on any atom is 0.468 e. The Morgan fingerprint density at radius 2 is 1.09 bits per heavy atom. The zero-order valence-corrected chi connectivity index (χ0v) is 25.8. The third kappa shape index (κ3) is 5.88. The van der Waals surface area contributed by atoms with Crippen LogP contribution < -0.4 is 0 Å². The number of aliphatic hydroxyl groups is 1. The molecule has 0 saturated carbocycles. The Bertz CT molecular complexity index is 1340. The number of hydrogen-bond donors (Lipinski definition) is 1. The van der Waals surface area contributed by atoms with Crippen molar-refractivity contribution in [1.82, 2.24) is 0 Å². The average molecular weight is 607 g/mol. The highest BCUT2D eigenvalue weighted by molar-refractivity contribution is 6.48. The van der Waals surface area contributed by atoms with Gasteiger partial charge in [0.05, 0.1) is 6.61 Å². The summed E-state index contributed by atoms with van der Waals surface area (Å²) in [6, 6.07) is 39.3. The fraction of sp³-hybridized carbons (Fsp3) is 0.270. The summed E-state index contributed by atoms with van der Waals surface area (Å²) in [5, 5.41) is 11.2. The van der Waals surface area contributed by atoms with Gasteiger partial charge in [0.25, 0.3) is 0 Å². The van der Waals surface area contributed by atoms with Crippen LogP contribution in [0.5, 0.6) is 0 Å². The van der Waals surface area contributed by atoms with E-state index < -0.39 is 48.4 Å². The summed E-state index contributed by atoms with van der Waals surface area (Å²) in [7, 11) is 2.16. The fourth-order valence-electron chi connectivity index (χ4n) is 6.47. The number of carbonyl (C=O) groups excluding carboxylic acids is 1. The van der Waals surface area contributed by atoms with Crippen molar-refractivity contribution in [2.45, 2.75) is 42.3 Å². The molecule has 0 spiro atoms. The van der Waals surface area contributed by atoms with Crippen LogP contribution >= 0.6 is 0 Å². The quantitative estimate of drug-likeness (QED) is 0.115. The minimum atomic E-state index is -1.58. The zero-order chi connectivity index (χ0) is 31.9. The van der Waals surface area contributed by atoms with E-state index in [4.69, 9.17) is 23.5 Å². The van der Waals surface area contributed by atoms with Crippen LogP contribution in [0.4, 0.5) is 0 Å². The minimum absolute atomic E-state index is 0.112. The summed E-state index contributed by atoms with van der Waals surface area (Å²) in [5.41, 5.74) is 0.844. The molecule has 232 valence electrons. The summed E-state index contributed by atoms with van der Waals surface area (Å²) in [6.07, 6.45) is -1.88. The first-order valence-corrected chi connectivity index (χ1v) is 15.1. The monoisotopic (exact) mass is 606 g/mol. The van der Waals surface area contributed by atoms with Crippen molar-refractivity contribution in [3.63, 3.8) is 0 Å². The van der Waals surface area contributed by atoms with Gasteiger partial charge in [0, 0.05) is 20.0 Å². The Kier molecular flexibility index (Phi) is 10.3. The molecule has 4 aromatic rings. The molecule has 5 rings (SSSR count). The van der Waals surface area contributed by atoms with Crippen LogP contribution in [0.15, 0.2) is 134 Å². The van der Waals surface area contributed by atoms with E-state index in [0.29, 0.717) is 0 Å². The highest BCUT2D eigenvalue weighted by Gasteiger charge is 2.63. The largest absolute Gasteiger partial charge is 0.468 e. The van der Waals surface area contributed by atoms with E-state index in [9.17, 15) is 9.90 Å². The van der Waals surface area contributed by atoms with Gasteiger partial charge in [-0.2, -0.15) is 0 Å². The molecule has 0 aliphatic carbocycles. The highest BCUT2D eigenvalue weighted by Crippen LogP contribution is 2.51. The molecular formula is C37H39BO7. The molecule has 0 unspecified atom stereocenters. The summed E-state index contributed by atoms with van der Waals surface area (Å²) in [5.74, 6) is -1.76. The van der Waals surface area contributed by atoms with Gasteiger partial charge in [-0.3, -0.25) is 0 Å². The summed E-state index contributed by atoms with van der Waals surface area (Å²) < 4.78 is 32.2. The predicted molar refractivity (Wildman–Crippen MR) is 173 cm³/mol. The Morgan fingerprint density at radius 1 is 0.756 bits per heavy atom. The number of esters is 1. The zero-order valence-electron chi connectivity index (χ0n) is 25.8. The van der Waals surface area contributed by atoms with Crippen molar-refractivity contribution in [2.24, 2.45) is 0 Å². The van der Waals surface area contributed by atoms with Crippen LogP contribution in [0, 0.1) is 0 Å². The second-order valence-corrected chi connectivity index (χ2v) is 10.8. The SMILES string of the molecule is C=C[C@@H](B1O[C@@H](C(OC)(c2ccccc2)c2ccccc2)[C@H](C(OC)(c2ccccc2)c2ccccc2)O1)[C@@H](O)C(=O)OCC. The van der Waals surface area contributed by atoms with Crippen molar-refractivity contribution in [1.29, 1.82) is 0 Å². The Balaban J connectivity index is 1.79. The van der Waals surface area contributed by atoms with Gasteiger partial charge in [-0.15, -0.1) is 6.58 Å². The lowest BCUT2D eigenvalue weighted by molar-refractivity contribution is -0.153. The van der Waals surface area contributed by atoms with Crippen LogP contribution in [-0.2, 0) is 39.5 Å².